The van der Waals surface area contributed by atoms with Gasteiger partial charge in [0.05, 0.1) is 12.5 Å². The molecule has 3 aliphatic rings. The van der Waals surface area contributed by atoms with Crippen LogP contribution in [0.15, 0.2) is 0 Å². The van der Waals surface area contributed by atoms with E-state index >= 15 is 0 Å². The molecule has 3 aliphatic carbocycles. The molecule has 86 valence electrons. The third-order valence-corrected chi connectivity index (χ3v) is 4.60. The van der Waals surface area contributed by atoms with Crippen molar-refractivity contribution in [1.82, 2.24) is 0 Å². The van der Waals surface area contributed by atoms with Crippen molar-refractivity contribution < 1.29 is 9.53 Å². The summed E-state index contributed by atoms with van der Waals surface area (Å²) in [6.45, 7) is 6.85. The van der Waals surface area contributed by atoms with Crippen LogP contribution >= 0.6 is 0 Å². The molecule has 3 heteroatoms. The van der Waals surface area contributed by atoms with Crippen LogP contribution in [0.4, 0.5) is 0 Å². The Balaban J connectivity index is 2.05. The number of carbonyl (C=O) groups excluding carboxylic acids is 1. The van der Waals surface area contributed by atoms with Crippen LogP contribution in [0.5, 0.6) is 0 Å². The van der Waals surface area contributed by atoms with Gasteiger partial charge in [-0.05, 0) is 37.0 Å². The van der Waals surface area contributed by atoms with E-state index in [-0.39, 0.29) is 17.9 Å². The Morgan fingerprint density at radius 2 is 2.13 bits per heavy atom. The maximum atomic E-state index is 11.7. The molecule has 0 radical (unpaired) electrons. The van der Waals surface area contributed by atoms with Gasteiger partial charge in [-0.25, -0.2) is 0 Å². The summed E-state index contributed by atoms with van der Waals surface area (Å²) in [5.74, 6) is 1.03. The van der Waals surface area contributed by atoms with E-state index in [9.17, 15) is 4.79 Å². The highest BCUT2D eigenvalue weighted by molar-refractivity contribution is 5.73. The lowest BCUT2D eigenvalue weighted by Gasteiger charge is -2.61. The predicted molar refractivity (Wildman–Crippen MR) is 58.1 cm³/mol. The maximum Gasteiger partial charge on any atom is 0.310 e. The first-order valence-electron chi connectivity index (χ1n) is 5.90. The molecule has 15 heavy (non-hydrogen) atoms. The average molecular weight is 211 g/mol. The van der Waals surface area contributed by atoms with Gasteiger partial charge >= 0.3 is 5.97 Å². The standard InChI is InChI=1S/C12H21NO2/c1-4-15-11(14)8-5-7-6-9(10(8)13)12(7,2)3/h7-10H,4-6,13H2,1-3H3/t7-,8?,9-,10-/m0/s1. The summed E-state index contributed by atoms with van der Waals surface area (Å²) in [5, 5.41) is 0. The highest BCUT2D eigenvalue weighted by Crippen LogP contribution is 2.60. The molecule has 1 unspecified atom stereocenters. The number of nitrogens with two attached hydrogens (primary N) is 1. The van der Waals surface area contributed by atoms with E-state index in [0.29, 0.717) is 23.9 Å². The fraction of sp³-hybridized carbons (Fsp3) is 0.917. The molecule has 0 heterocycles. The Bertz CT molecular complexity index is 275. The van der Waals surface area contributed by atoms with Crippen LogP contribution in [-0.2, 0) is 9.53 Å². The zero-order valence-corrected chi connectivity index (χ0v) is 9.82. The number of fused-ring (bicyclic) bond motifs is 2. The van der Waals surface area contributed by atoms with Crippen LogP contribution in [0, 0.1) is 23.2 Å². The Morgan fingerprint density at radius 3 is 2.60 bits per heavy atom. The summed E-state index contributed by atoms with van der Waals surface area (Å²) < 4.78 is 5.07. The van der Waals surface area contributed by atoms with Gasteiger partial charge in [-0.2, -0.15) is 0 Å². The Labute approximate surface area is 91.4 Å². The van der Waals surface area contributed by atoms with Crippen molar-refractivity contribution in [2.24, 2.45) is 28.9 Å². The molecule has 3 fully saturated rings. The third-order valence-electron chi connectivity index (χ3n) is 4.60. The van der Waals surface area contributed by atoms with Crippen LogP contribution in [0.2, 0.25) is 0 Å². The molecular weight excluding hydrogens is 190 g/mol. The molecule has 3 rings (SSSR count). The van der Waals surface area contributed by atoms with Gasteiger partial charge in [-0.15, -0.1) is 0 Å². The van der Waals surface area contributed by atoms with E-state index in [2.05, 4.69) is 13.8 Å². The molecule has 0 aromatic heterocycles. The number of ether oxygens (including phenoxy) is 1. The Kier molecular flexibility index (Phi) is 2.53. The SMILES string of the molecule is CCOC(=O)C1C[C@H]2C[C@@H]([C@H]1N)C2(C)C. The second-order valence-corrected chi connectivity index (χ2v) is 5.53. The largest absolute Gasteiger partial charge is 0.466 e. The molecular formula is C12H21NO2. The van der Waals surface area contributed by atoms with Crippen LogP contribution in [0.25, 0.3) is 0 Å². The molecule has 0 saturated heterocycles. The van der Waals surface area contributed by atoms with E-state index < -0.39 is 0 Å². The fourth-order valence-corrected chi connectivity index (χ4v) is 3.36. The second-order valence-electron chi connectivity index (χ2n) is 5.53. The highest BCUT2D eigenvalue weighted by atomic mass is 16.5. The van der Waals surface area contributed by atoms with E-state index in [1.54, 1.807) is 0 Å². The summed E-state index contributed by atoms with van der Waals surface area (Å²) in [5.41, 5.74) is 6.50. The summed E-state index contributed by atoms with van der Waals surface area (Å²) in [6, 6.07) is 0.00375. The second kappa shape index (κ2) is 3.48. The first kappa shape index (κ1) is 10.9. The Hall–Kier alpha value is -0.570. The molecule has 3 nitrogen and oxygen atoms in total. The zero-order chi connectivity index (χ0) is 11.2. The molecule has 0 amide bonds. The van der Waals surface area contributed by atoms with Crippen molar-refractivity contribution in [2.45, 2.75) is 39.7 Å². The zero-order valence-electron chi connectivity index (χ0n) is 9.82. The van der Waals surface area contributed by atoms with Gasteiger partial charge in [0.15, 0.2) is 0 Å². The summed E-state index contributed by atoms with van der Waals surface area (Å²) >= 11 is 0. The molecule has 0 aromatic carbocycles. The van der Waals surface area contributed by atoms with Gasteiger partial charge in [0.2, 0.25) is 0 Å². The van der Waals surface area contributed by atoms with Crippen molar-refractivity contribution in [3.05, 3.63) is 0 Å². The van der Waals surface area contributed by atoms with E-state index in [0.717, 1.165) is 6.42 Å². The highest BCUT2D eigenvalue weighted by Gasteiger charge is 2.58. The average Bonchev–Trinajstić information content (AvgIpc) is 2.17. The lowest BCUT2D eigenvalue weighted by molar-refractivity contribution is -0.164. The van der Waals surface area contributed by atoms with Crippen molar-refractivity contribution in [3.8, 4) is 0 Å². The van der Waals surface area contributed by atoms with Gasteiger partial charge < -0.3 is 10.5 Å². The molecule has 2 N–H and O–H groups in total. The molecule has 0 spiro atoms. The lowest BCUT2D eigenvalue weighted by atomic mass is 9.45. The summed E-state index contributed by atoms with van der Waals surface area (Å²) in [7, 11) is 0. The summed E-state index contributed by atoms with van der Waals surface area (Å²) in [6.07, 6.45) is 2.12. The van der Waals surface area contributed by atoms with Crippen LogP contribution in [-0.4, -0.2) is 18.6 Å². The Morgan fingerprint density at radius 1 is 1.47 bits per heavy atom. The van der Waals surface area contributed by atoms with E-state index in [1.165, 1.54) is 6.42 Å². The summed E-state index contributed by atoms with van der Waals surface area (Å²) in [4.78, 5) is 11.7. The smallest absolute Gasteiger partial charge is 0.310 e. The number of carbonyl (C=O) groups is 1. The minimum atomic E-state index is -0.0878. The first-order chi connectivity index (χ1) is 6.98. The molecule has 3 saturated carbocycles. The first-order valence-corrected chi connectivity index (χ1v) is 5.90. The third kappa shape index (κ3) is 1.48. The molecule has 0 aromatic rings. The van der Waals surface area contributed by atoms with Gasteiger partial charge in [-0.1, -0.05) is 13.8 Å². The fourth-order valence-electron chi connectivity index (χ4n) is 3.36. The van der Waals surface area contributed by atoms with Crippen LogP contribution in [0.1, 0.15) is 33.6 Å². The van der Waals surface area contributed by atoms with Crippen LogP contribution in [0.3, 0.4) is 0 Å². The van der Waals surface area contributed by atoms with Gasteiger partial charge in [-0.3, -0.25) is 4.79 Å². The lowest BCUT2D eigenvalue weighted by Crippen LogP contribution is -2.62. The van der Waals surface area contributed by atoms with Gasteiger partial charge in [0.1, 0.15) is 0 Å². The normalized spacial score (nSPS) is 41.9. The van der Waals surface area contributed by atoms with Crippen molar-refractivity contribution >= 4 is 5.97 Å². The van der Waals surface area contributed by atoms with Gasteiger partial charge in [0.25, 0.3) is 0 Å². The van der Waals surface area contributed by atoms with E-state index in [1.807, 2.05) is 6.92 Å². The van der Waals surface area contributed by atoms with Crippen molar-refractivity contribution in [2.75, 3.05) is 6.61 Å². The number of rotatable bonds is 2. The molecule has 4 atom stereocenters. The molecule has 0 aliphatic heterocycles. The van der Waals surface area contributed by atoms with Crippen molar-refractivity contribution in [1.29, 1.82) is 0 Å². The van der Waals surface area contributed by atoms with Crippen LogP contribution < -0.4 is 5.73 Å². The topological polar surface area (TPSA) is 52.3 Å². The predicted octanol–water partition coefficient (Wildman–Crippen LogP) is 1.56. The quantitative estimate of drug-likeness (QED) is 0.705. The number of hydrogen-bond acceptors (Lipinski definition) is 3. The number of hydrogen-bond donors (Lipinski definition) is 1. The maximum absolute atomic E-state index is 11.7. The minimum absolute atomic E-state index is 0.00375. The van der Waals surface area contributed by atoms with E-state index in [4.69, 9.17) is 10.5 Å². The number of esters is 1. The monoisotopic (exact) mass is 211 g/mol. The van der Waals surface area contributed by atoms with Crippen molar-refractivity contribution in [3.63, 3.8) is 0 Å². The van der Waals surface area contributed by atoms with Gasteiger partial charge in [0, 0.05) is 6.04 Å². The molecule has 2 bridgehead atoms. The minimum Gasteiger partial charge on any atom is -0.466 e.